The molecule has 0 aliphatic carbocycles. The third kappa shape index (κ3) is 0.973. The van der Waals surface area contributed by atoms with Gasteiger partial charge in [-0.2, -0.15) is 0 Å². The Balaban J connectivity index is 2.49. The molecule has 0 amide bonds. The van der Waals surface area contributed by atoms with Crippen LogP contribution in [-0.4, -0.2) is 11.9 Å². The molecule has 1 aromatic heterocycles. The van der Waals surface area contributed by atoms with Crippen molar-refractivity contribution in [3.05, 3.63) is 29.6 Å². The Labute approximate surface area is 66.0 Å². The maximum Gasteiger partial charge on any atom is 0.229 e. The molecule has 1 aliphatic rings. The Bertz CT molecular complexity index is 283. The summed E-state index contributed by atoms with van der Waals surface area (Å²) >= 11 is 0. The third-order valence-corrected chi connectivity index (χ3v) is 2.09. The van der Waals surface area contributed by atoms with Crippen molar-refractivity contribution in [3.63, 3.8) is 0 Å². The van der Waals surface area contributed by atoms with Crippen molar-refractivity contribution in [1.82, 2.24) is 4.90 Å². The molecule has 0 spiro atoms. The van der Waals surface area contributed by atoms with Gasteiger partial charge in [-0.3, -0.25) is 4.90 Å². The van der Waals surface area contributed by atoms with E-state index in [-0.39, 0.29) is 0 Å². The summed E-state index contributed by atoms with van der Waals surface area (Å²) < 4.78 is 1.71. The number of rotatable bonds is 0. The number of nitrogens with zero attached hydrogens (tertiary/aromatic N) is 2. The average molecular weight is 150 g/mol. The van der Waals surface area contributed by atoms with E-state index in [1.807, 2.05) is 12.3 Å². The van der Waals surface area contributed by atoms with Crippen LogP contribution in [0.3, 0.4) is 0 Å². The molecule has 0 saturated heterocycles. The number of pyridine rings is 1. The second-order valence-corrected chi connectivity index (χ2v) is 3.06. The maximum atomic E-state index is 5.72. The second-order valence-electron chi connectivity index (χ2n) is 3.06. The molecule has 1 aliphatic heterocycles. The van der Waals surface area contributed by atoms with Gasteiger partial charge in [-0.15, -0.1) is 0 Å². The van der Waals surface area contributed by atoms with E-state index >= 15 is 0 Å². The molecule has 0 fully saturated rings. The number of nitrogen functional groups attached to an aromatic ring is 1. The fraction of sp³-hybridized carbons (Fsp3) is 0.375. The largest absolute Gasteiger partial charge is 0.292 e. The molecule has 3 heteroatoms. The molecule has 0 radical (unpaired) electrons. The lowest BCUT2D eigenvalue weighted by Gasteiger charge is -2.00. The van der Waals surface area contributed by atoms with Gasteiger partial charge < -0.3 is 0 Å². The highest BCUT2D eigenvalue weighted by Gasteiger charge is 2.23. The van der Waals surface area contributed by atoms with E-state index in [9.17, 15) is 0 Å². The van der Waals surface area contributed by atoms with Crippen molar-refractivity contribution in [1.29, 1.82) is 0 Å². The summed E-state index contributed by atoms with van der Waals surface area (Å²) in [4.78, 5) is 2.24. The summed E-state index contributed by atoms with van der Waals surface area (Å²) in [6.45, 7) is 1.99. The average Bonchev–Trinajstić information content (AvgIpc) is 2.31. The van der Waals surface area contributed by atoms with Crippen LogP contribution in [0.15, 0.2) is 18.3 Å². The molecule has 0 atom stereocenters. The van der Waals surface area contributed by atoms with Gasteiger partial charge >= 0.3 is 0 Å². The molecule has 0 aromatic carbocycles. The molecular formula is C8H12N3+. The predicted octanol–water partition coefficient (Wildman–Crippen LogP) is -0.367. The monoisotopic (exact) mass is 150 g/mol. The van der Waals surface area contributed by atoms with E-state index < -0.39 is 0 Å². The van der Waals surface area contributed by atoms with Crippen LogP contribution in [0.1, 0.15) is 11.3 Å². The Kier molecular flexibility index (Phi) is 1.32. The maximum absolute atomic E-state index is 5.72. The van der Waals surface area contributed by atoms with E-state index in [0.717, 1.165) is 13.1 Å². The van der Waals surface area contributed by atoms with Crippen LogP contribution in [0.5, 0.6) is 0 Å². The molecule has 58 valence electrons. The minimum Gasteiger partial charge on any atom is -0.292 e. The van der Waals surface area contributed by atoms with E-state index in [2.05, 4.69) is 18.0 Å². The molecule has 1 aromatic rings. The zero-order valence-electron chi connectivity index (χ0n) is 6.62. The van der Waals surface area contributed by atoms with Crippen LogP contribution in [0.25, 0.3) is 0 Å². The Morgan fingerprint density at radius 3 is 3.09 bits per heavy atom. The van der Waals surface area contributed by atoms with Crippen molar-refractivity contribution in [2.24, 2.45) is 0 Å². The van der Waals surface area contributed by atoms with Crippen LogP contribution in [0.2, 0.25) is 0 Å². The lowest BCUT2D eigenvalue weighted by Crippen LogP contribution is -2.48. The van der Waals surface area contributed by atoms with Crippen LogP contribution >= 0.6 is 0 Å². The van der Waals surface area contributed by atoms with Crippen molar-refractivity contribution in [2.75, 3.05) is 12.9 Å². The zero-order valence-corrected chi connectivity index (χ0v) is 6.62. The Morgan fingerprint density at radius 2 is 2.36 bits per heavy atom. The molecular weight excluding hydrogens is 138 g/mol. The number of hydrogen-bond donors (Lipinski definition) is 1. The summed E-state index contributed by atoms with van der Waals surface area (Å²) in [6, 6.07) is 4.11. The first-order valence-electron chi connectivity index (χ1n) is 3.73. The number of hydrogen-bond acceptors (Lipinski definition) is 2. The smallest absolute Gasteiger partial charge is 0.229 e. The van der Waals surface area contributed by atoms with E-state index in [4.69, 9.17) is 5.84 Å². The van der Waals surface area contributed by atoms with Crippen molar-refractivity contribution in [3.8, 4) is 0 Å². The van der Waals surface area contributed by atoms with Gasteiger partial charge in [-0.1, -0.05) is 4.68 Å². The summed E-state index contributed by atoms with van der Waals surface area (Å²) in [5.41, 5.74) is 2.58. The van der Waals surface area contributed by atoms with Crippen LogP contribution in [0, 0.1) is 0 Å². The quantitative estimate of drug-likeness (QED) is 0.404. The summed E-state index contributed by atoms with van der Waals surface area (Å²) in [6.07, 6.45) is 1.89. The van der Waals surface area contributed by atoms with Gasteiger partial charge in [-0.05, 0) is 13.1 Å². The van der Waals surface area contributed by atoms with Gasteiger partial charge in [0.15, 0.2) is 6.20 Å². The standard InChI is InChI=1S/C8H12N3/c1-10-5-7-3-2-4-11(9)8(7)6-10/h2-4H,5-6,9H2,1H3/q+1. The molecule has 2 N–H and O–H groups in total. The Morgan fingerprint density at radius 1 is 1.55 bits per heavy atom. The Hall–Kier alpha value is -1.09. The fourth-order valence-electron chi connectivity index (χ4n) is 1.53. The summed E-state index contributed by atoms with van der Waals surface area (Å²) in [7, 11) is 2.10. The van der Waals surface area contributed by atoms with Crippen molar-refractivity contribution in [2.45, 2.75) is 13.1 Å². The van der Waals surface area contributed by atoms with Gasteiger partial charge in [0.1, 0.15) is 0 Å². The summed E-state index contributed by atoms with van der Waals surface area (Å²) in [5.74, 6) is 5.72. The molecule has 3 nitrogen and oxygen atoms in total. The highest BCUT2D eigenvalue weighted by molar-refractivity contribution is 5.19. The lowest BCUT2D eigenvalue weighted by atomic mass is 10.2. The SMILES string of the molecule is CN1Cc2ccc[n+](N)c2C1. The third-order valence-electron chi connectivity index (χ3n) is 2.09. The van der Waals surface area contributed by atoms with E-state index in [1.165, 1.54) is 11.3 Å². The minimum absolute atomic E-state index is 0.965. The highest BCUT2D eigenvalue weighted by Crippen LogP contribution is 2.15. The minimum atomic E-state index is 0.965. The molecule has 0 unspecified atom stereocenters. The number of aromatic nitrogens is 1. The first-order chi connectivity index (χ1) is 5.27. The van der Waals surface area contributed by atoms with E-state index in [0.29, 0.717) is 0 Å². The van der Waals surface area contributed by atoms with Gasteiger partial charge in [0.2, 0.25) is 5.69 Å². The van der Waals surface area contributed by atoms with Gasteiger partial charge in [0.25, 0.3) is 0 Å². The first kappa shape index (κ1) is 6.61. The normalized spacial score (nSPS) is 16.8. The molecule has 2 heterocycles. The predicted molar refractivity (Wildman–Crippen MR) is 42.0 cm³/mol. The fourth-order valence-corrected chi connectivity index (χ4v) is 1.53. The highest BCUT2D eigenvalue weighted by atomic mass is 15.3. The number of fused-ring (bicyclic) bond motifs is 1. The molecule has 0 saturated carbocycles. The molecule has 11 heavy (non-hydrogen) atoms. The van der Waals surface area contributed by atoms with Gasteiger partial charge in [0.05, 0.1) is 6.54 Å². The van der Waals surface area contributed by atoms with Gasteiger partial charge in [0, 0.05) is 18.2 Å². The van der Waals surface area contributed by atoms with Gasteiger partial charge in [-0.25, -0.2) is 5.84 Å². The first-order valence-corrected chi connectivity index (χ1v) is 3.73. The topological polar surface area (TPSA) is 33.1 Å². The number of nitrogens with two attached hydrogens (primary N) is 1. The zero-order chi connectivity index (χ0) is 7.84. The second kappa shape index (κ2) is 2.20. The van der Waals surface area contributed by atoms with E-state index in [1.54, 1.807) is 4.68 Å². The molecule has 0 bridgehead atoms. The van der Waals surface area contributed by atoms with Crippen molar-refractivity contribution >= 4 is 0 Å². The van der Waals surface area contributed by atoms with Crippen LogP contribution in [-0.2, 0) is 13.1 Å². The lowest BCUT2D eigenvalue weighted by molar-refractivity contribution is -0.647. The van der Waals surface area contributed by atoms with Crippen LogP contribution in [0.4, 0.5) is 0 Å². The summed E-state index contributed by atoms with van der Waals surface area (Å²) in [5, 5.41) is 0. The van der Waals surface area contributed by atoms with Crippen molar-refractivity contribution < 1.29 is 4.68 Å². The van der Waals surface area contributed by atoms with Crippen LogP contribution < -0.4 is 10.5 Å². The molecule has 2 rings (SSSR count).